The molecule has 1 aromatic heterocycles. The van der Waals surface area contributed by atoms with Crippen molar-refractivity contribution in [2.75, 3.05) is 31.3 Å². The Morgan fingerprint density at radius 3 is 2.94 bits per heavy atom. The molecule has 0 bridgehead atoms. The minimum Gasteiger partial charge on any atom is -0.384 e. The highest BCUT2D eigenvalue weighted by Gasteiger charge is 2.16. The number of rotatable bonds is 8. The molecule has 0 spiro atoms. The van der Waals surface area contributed by atoms with Crippen LogP contribution in [0.5, 0.6) is 0 Å². The highest BCUT2D eigenvalue weighted by atomic mass is 32.2. The number of anilines is 1. The first-order chi connectivity index (χ1) is 8.69. The first-order valence-electron chi connectivity index (χ1n) is 5.70. The van der Waals surface area contributed by atoms with Crippen LogP contribution in [0.4, 0.5) is 11.5 Å². The Kier molecular flexibility index (Phi) is 6.45. The Morgan fingerprint density at radius 2 is 2.33 bits per heavy atom. The van der Waals surface area contributed by atoms with Crippen LogP contribution >= 0.6 is 11.8 Å². The van der Waals surface area contributed by atoms with Gasteiger partial charge in [0, 0.05) is 25.5 Å². The Labute approximate surface area is 110 Å². The maximum atomic E-state index is 10.9. The van der Waals surface area contributed by atoms with Gasteiger partial charge in [0.05, 0.1) is 11.5 Å². The van der Waals surface area contributed by atoms with Gasteiger partial charge in [0.1, 0.15) is 5.82 Å². The Balaban J connectivity index is 2.82. The minimum atomic E-state index is -0.411. The van der Waals surface area contributed by atoms with Gasteiger partial charge in [0.25, 0.3) is 0 Å². The highest BCUT2D eigenvalue weighted by molar-refractivity contribution is 7.99. The normalized spacial score (nSPS) is 10.3. The zero-order chi connectivity index (χ0) is 13.4. The molecule has 0 radical (unpaired) electrons. The largest absolute Gasteiger partial charge is 0.384 e. The third-order valence-corrected chi connectivity index (χ3v) is 3.06. The van der Waals surface area contributed by atoms with Crippen LogP contribution in [0.3, 0.4) is 0 Å². The summed E-state index contributed by atoms with van der Waals surface area (Å²) in [5.41, 5.74) is 0.0400. The molecule has 0 amide bonds. The fourth-order valence-electron chi connectivity index (χ4n) is 1.25. The average molecular weight is 271 g/mol. The summed E-state index contributed by atoms with van der Waals surface area (Å²) < 4.78 is 4.92. The lowest BCUT2D eigenvalue weighted by Crippen LogP contribution is -2.04. The second-order valence-corrected chi connectivity index (χ2v) is 4.63. The fourth-order valence-corrected chi connectivity index (χ4v) is 2.15. The molecule has 1 aromatic rings. The van der Waals surface area contributed by atoms with Gasteiger partial charge in [0.15, 0.2) is 5.03 Å². The molecule has 6 nitrogen and oxygen atoms in total. The molecule has 1 rings (SSSR count). The number of ether oxygens (including phenoxy) is 1. The number of nitrogens with one attached hydrogen (secondary N) is 1. The molecule has 7 heteroatoms. The van der Waals surface area contributed by atoms with E-state index in [9.17, 15) is 10.1 Å². The number of nitro groups is 1. The van der Waals surface area contributed by atoms with Gasteiger partial charge < -0.3 is 10.1 Å². The number of hydrogen-bond donors (Lipinski definition) is 1. The Bertz CT molecular complexity index is 401. The van der Waals surface area contributed by atoms with E-state index in [2.05, 4.69) is 10.3 Å². The first-order valence-corrected chi connectivity index (χ1v) is 6.68. The molecule has 18 heavy (non-hydrogen) atoms. The maximum absolute atomic E-state index is 10.9. The summed E-state index contributed by atoms with van der Waals surface area (Å²) in [6, 6.07) is 3.12. The molecule has 1 heterocycles. The lowest BCUT2D eigenvalue weighted by atomic mass is 10.4. The van der Waals surface area contributed by atoms with E-state index in [0.717, 1.165) is 13.0 Å². The predicted molar refractivity (Wildman–Crippen MR) is 72.3 cm³/mol. The van der Waals surface area contributed by atoms with Crippen molar-refractivity contribution in [1.29, 1.82) is 0 Å². The zero-order valence-corrected chi connectivity index (χ0v) is 11.3. The molecule has 0 atom stereocenters. The van der Waals surface area contributed by atoms with Crippen molar-refractivity contribution in [3.63, 3.8) is 0 Å². The number of pyridine rings is 1. The number of aromatic nitrogens is 1. The van der Waals surface area contributed by atoms with Crippen LogP contribution < -0.4 is 5.32 Å². The second-order valence-electron chi connectivity index (χ2n) is 3.55. The Morgan fingerprint density at radius 1 is 1.56 bits per heavy atom. The van der Waals surface area contributed by atoms with Gasteiger partial charge >= 0.3 is 5.69 Å². The number of nitrogens with zero attached hydrogens (tertiary/aromatic N) is 2. The lowest BCUT2D eigenvalue weighted by Gasteiger charge is -2.06. The van der Waals surface area contributed by atoms with E-state index in [-0.39, 0.29) is 5.69 Å². The van der Waals surface area contributed by atoms with Gasteiger partial charge in [-0.1, -0.05) is 18.7 Å². The van der Waals surface area contributed by atoms with Crippen LogP contribution in [0, 0.1) is 10.1 Å². The summed E-state index contributed by atoms with van der Waals surface area (Å²) in [5, 5.41) is 14.4. The topological polar surface area (TPSA) is 77.3 Å². The number of thioether (sulfide) groups is 1. The summed E-state index contributed by atoms with van der Waals surface area (Å²) >= 11 is 1.33. The summed E-state index contributed by atoms with van der Waals surface area (Å²) in [6.07, 6.45) is 0.977. The minimum absolute atomic E-state index is 0.0400. The quantitative estimate of drug-likeness (QED) is 0.339. The van der Waals surface area contributed by atoms with E-state index < -0.39 is 4.92 Å². The molecule has 0 saturated heterocycles. The van der Waals surface area contributed by atoms with Crippen molar-refractivity contribution >= 4 is 23.3 Å². The third kappa shape index (κ3) is 4.50. The average Bonchev–Trinajstić information content (AvgIpc) is 2.36. The van der Waals surface area contributed by atoms with Crippen LogP contribution in [-0.4, -0.2) is 35.9 Å². The van der Waals surface area contributed by atoms with Crippen molar-refractivity contribution in [3.8, 4) is 0 Å². The van der Waals surface area contributed by atoms with E-state index in [4.69, 9.17) is 4.74 Å². The monoisotopic (exact) mass is 271 g/mol. The van der Waals surface area contributed by atoms with Gasteiger partial charge in [0.2, 0.25) is 0 Å². The van der Waals surface area contributed by atoms with Crippen molar-refractivity contribution < 1.29 is 9.66 Å². The van der Waals surface area contributed by atoms with Gasteiger partial charge in [-0.05, 0) is 12.5 Å². The SMILES string of the molecule is CCCNc1ccc([N+](=O)[O-])c(SCCOC)n1. The van der Waals surface area contributed by atoms with Crippen molar-refractivity contribution in [2.45, 2.75) is 18.4 Å². The molecule has 0 aliphatic heterocycles. The van der Waals surface area contributed by atoms with Gasteiger partial charge in [-0.3, -0.25) is 10.1 Å². The first kappa shape index (κ1) is 14.7. The molecule has 0 aliphatic carbocycles. The molecule has 1 N–H and O–H groups in total. The molecular formula is C11H17N3O3S. The summed E-state index contributed by atoms with van der Waals surface area (Å²) in [6.45, 7) is 3.38. The van der Waals surface area contributed by atoms with E-state index in [1.54, 1.807) is 13.2 Å². The third-order valence-electron chi connectivity index (χ3n) is 2.12. The Hall–Kier alpha value is -1.34. The molecular weight excluding hydrogens is 254 g/mol. The second kappa shape index (κ2) is 7.88. The lowest BCUT2D eigenvalue weighted by molar-refractivity contribution is -0.388. The standard InChI is InChI=1S/C11H17N3O3S/c1-3-6-12-10-5-4-9(14(15)16)11(13-10)18-8-7-17-2/h4-5H,3,6-8H2,1-2H3,(H,12,13). The predicted octanol–water partition coefficient (Wildman–Crippen LogP) is 2.55. The van der Waals surface area contributed by atoms with Gasteiger partial charge in [-0.25, -0.2) is 4.98 Å². The smallest absolute Gasteiger partial charge is 0.301 e. The molecule has 0 aliphatic rings. The van der Waals surface area contributed by atoms with E-state index in [1.165, 1.54) is 17.8 Å². The van der Waals surface area contributed by atoms with Gasteiger partial charge in [-0.15, -0.1) is 0 Å². The molecule has 0 aromatic carbocycles. The fraction of sp³-hybridized carbons (Fsp3) is 0.545. The van der Waals surface area contributed by atoms with Crippen LogP contribution in [0.15, 0.2) is 17.2 Å². The number of methoxy groups -OCH3 is 1. The zero-order valence-electron chi connectivity index (χ0n) is 10.5. The molecule has 0 unspecified atom stereocenters. The highest BCUT2D eigenvalue weighted by Crippen LogP contribution is 2.28. The van der Waals surface area contributed by atoms with Crippen molar-refractivity contribution in [3.05, 3.63) is 22.2 Å². The number of hydrogen-bond acceptors (Lipinski definition) is 6. The molecule has 0 fully saturated rings. The van der Waals surface area contributed by atoms with Crippen LogP contribution in [0.2, 0.25) is 0 Å². The molecule has 100 valence electrons. The summed E-state index contributed by atoms with van der Waals surface area (Å²) in [7, 11) is 1.60. The van der Waals surface area contributed by atoms with E-state index in [1.807, 2.05) is 6.92 Å². The van der Waals surface area contributed by atoms with E-state index >= 15 is 0 Å². The van der Waals surface area contributed by atoms with Crippen LogP contribution in [0.1, 0.15) is 13.3 Å². The van der Waals surface area contributed by atoms with Crippen molar-refractivity contribution in [1.82, 2.24) is 4.98 Å². The van der Waals surface area contributed by atoms with Crippen LogP contribution in [0.25, 0.3) is 0 Å². The van der Waals surface area contributed by atoms with E-state index in [0.29, 0.717) is 23.2 Å². The van der Waals surface area contributed by atoms with Crippen molar-refractivity contribution in [2.24, 2.45) is 0 Å². The summed E-state index contributed by atoms with van der Waals surface area (Å²) in [5.74, 6) is 1.31. The van der Waals surface area contributed by atoms with Crippen LogP contribution in [-0.2, 0) is 4.74 Å². The maximum Gasteiger partial charge on any atom is 0.301 e. The van der Waals surface area contributed by atoms with Gasteiger partial charge in [-0.2, -0.15) is 0 Å². The summed E-state index contributed by atoms with van der Waals surface area (Å²) in [4.78, 5) is 14.7. The molecule has 0 saturated carbocycles.